The Hall–Kier alpha value is -0.370. The van der Waals surface area contributed by atoms with Gasteiger partial charge in [0.15, 0.2) is 0 Å². The molecule has 2 heteroatoms. The molecule has 0 radical (unpaired) electrons. The topological polar surface area (TPSA) is 49.9 Å². The molecule has 1 rings (SSSR count). The van der Waals surface area contributed by atoms with Crippen molar-refractivity contribution in [2.24, 2.45) is 5.73 Å². The minimum Gasteiger partial charge on any atom is -0.321 e. The standard InChI is InChI=1S/C6H12N2/c7-5-6(8)3-1-2-4-6/h5,7H,1-4,8H2. The molecule has 0 amide bonds. The zero-order valence-corrected chi connectivity index (χ0v) is 4.98. The molecule has 1 saturated carbocycles. The maximum atomic E-state index is 6.95. The van der Waals surface area contributed by atoms with Crippen LogP contribution in [0.15, 0.2) is 0 Å². The Morgan fingerprint density at radius 2 is 1.88 bits per heavy atom. The van der Waals surface area contributed by atoms with E-state index in [1.165, 1.54) is 19.1 Å². The quantitative estimate of drug-likeness (QED) is 0.486. The summed E-state index contributed by atoms with van der Waals surface area (Å²) in [5.74, 6) is 0. The molecule has 0 aromatic heterocycles. The summed E-state index contributed by atoms with van der Waals surface area (Å²) in [4.78, 5) is 0. The monoisotopic (exact) mass is 112 g/mol. The molecule has 1 fully saturated rings. The maximum absolute atomic E-state index is 6.95. The van der Waals surface area contributed by atoms with Crippen LogP contribution < -0.4 is 5.73 Å². The second-order valence-corrected chi connectivity index (χ2v) is 2.58. The third-order valence-electron chi connectivity index (χ3n) is 1.82. The molecule has 8 heavy (non-hydrogen) atoms. The minimum absolute atomic E-state index is 0.222. The molecular weight excluding hydrogens is 100 g/mol. The molecule has 0 saturated heterocycles. The van der Waals surface area contributed by atoms with Crippen LogP contribution in [-0.2, 0) is 0 Å². The Morgan fingerprint density at radius 3 is 2.12 bits per heavy atom. The third kappa shape index (κ3) is 0.892. The van der Waals surface area contributed by atoms with Crippen LogP contribution in [0.4, 0.5) is 0 Å². The Balaban J connectivity index is 2.52. The van der Waals surface area contributed by atoms with Crippen LogP contribution in [0, 0.1) is 5.41 Å². The normalized spacial score (nSPS) is 25.6. The van der Waals surface area contributed by atoms with Crippen LogP contribution in [0.5, 0.6) is 0 Å². The first kappa shape index (κ1) is 5.76. The third-order valence-corrected chi connectivity index (χ3v) is 1.82. The van der Waals surface area contributed by atoms with Gasteiger partial charge in [0.2, 0.25) is 0 Å². The van der Waals surface area contributed by atoms with E-state index in [1.807, 2.05) is 0 Å². The first-order valence-corrected chi connectivity index (χ1v) is 3.07. The van der Waals surface area contributed by atoms with E-state index in [0.717, 1.165) is 12.8 Å². The van der Waals surface area contributed by atoms with E-state index < -0.39 is 0 Å². The van der Waals surface area contributed by atoms with Gasteiger partial charge < -0.3 is 11.1 Å². The SMILES string of the molecule is N=CC1(N)CCCC1. The van der Waals surface area contributed by atoms with Crippen molar-refractivity contribution < 1.29 is 0 Å². The van der Waals surface area contributed by atoms with Gasteiger partial charge in [-0.05, 0) is 12.8 Å². The van der Waals surface area contributed by atoms with Gasteiger partial charge >= 0.3 is 0 Å². The molecule has 0 unspecified atom stereocenters. The van der Waals surface area contributed by atoms with Crippen LogP contribution in [-0.4, -0.2) is 11.8 Å². The summed E-state index contributed by atoms with van der Waals surface area (Å²) in [6.45, 7) is 0. The number of nitrogens with one attached hydrogen (secondary N) is 1. The first-order chi connectivity index (χ1) is 3.77. The molecule has 0 bridgehead atoms. The highest BCUT2D eigenvalue weighted by molar-refractivity contribution is 5.66. The molecule has 0 heterocycles. The highest BCUT2D eigenvalue weighted by Gasteiger charge is 2.25. The molecule has 1 aliphatic rings. The lowest BCUT2D eigenvalue weighted by Gasteiger charge is -2.14. The van der Waals surface area contributed by atoms with Crippen LogP contribution in [0.1, 0.15) is 25.7 Å². The van der Waals surface area contributed by atoms with E-state index in [0.29, 0.717) is 0 Å². The van der Waals surface area contributed by atoms with E-state index >= 15 is 0 Å². The Labute approximate surface area is 49.6 Å². The zero-order chi connectivity index (χ0) is 6.04. The van der Waals surface area contributed by atoms with Gasteiger partial charge in [-0.25, -0.2) is 0 Å². The highest BCUT2D eigenvalue weighted by atomic mass is 14.8. The van der Waals surface area contributed by atoms with Crippen LogP contribution in [0.2, 0.25) is 0 Å². The van der Waals surface area contributed by atoms with Gasteiger partial charge in [0.1, 0.15) is 0 Å². The van der Waals surface area contributed by atoms with Gasteiger partial charge in [0.25, 0.3) is 0 Å². The number of rotatable bonds is 1. The van der Waals surface area contributed by atoms with Gasteiger partial charge in [-0.3, -0.25) is 0 Å². The largest absolute Gasteiger partial charge is 0.321 e. The molecule has 0 aliphatic heterocycles. The fraction of sp³-hybridized carbons (Fsp3) is 0.833. The van der Waals surface area contributed by atoms with Gasteiger partial charge in [-0.2, -0.15) is 0 Å². The molecule has 46 valence electrons. The smallest absolute Gasteiger partial charge is 0.0506 e. The molecule has 3 N–H and O–H groups in total. The van der Waals surface area contributed by atoms with Crippen molar-refractivity contribution in [2.45, 2.75) is 31.2 Å². The molecule has 0 spiro atoms. The molecule has 1 aliphatic carbocycles. The maximum Gasteiger partial charge on any atom is 0.0506 e. The average molecular weight is 112 g/mol. The molecule has 0 aromatic rings. The predicted molar refractivity (Wildman–Crippen MR) is 34.2 cm³/mol. The Morgan fingerprint density at radius 1 is 1.38 bits per heavy atom. The number of hydrogen-bond donors (Lipinski definition) is 2. The summed E-state index contributed by atoms with van der Waals surface area (Å²) < 4.78 is 0. The summed E-state index contributed by atoms with van der Waals surface area (Å²) in [5.41, 5.74) is 5.49. The van der Waals surface area contributed by atoms with Crippen molar-refractivity contribution in [3.63, 3.8) is 0 Å². The predicted octanol–water partition coefficient (Wildman–Crippen LogP) is 0.907. The Kier molecular flexibility index (Phi) is 1.34. The fourth-order valence-electron chi connectivity index (χ4n) is 1.18. The van der Waals surface area contributed by atoms with Crippen molar-refractivity contribution in [3.8, 4) is 0 Å². The van der Waals surface area contributed by atoms with Crippen molar-refractivity contribution in [1.82, 2.24) is 0 Å². The lowest BCUT2D eigenvalue weighted by molar-refractivity contribution is 0.599. The molecular formula is C6H12N2. The van der Waals surface area contributed by atoms with Crippen LogP contribution in [0.3, 0.4) is 0 Å². The number of nitrogens with two attached hydrogens (primary N) is 1. The molecule has 0 atom stereocenters. The van der Waals surface area contributed by atoms with Gasteiger partial charge in [0, 0.05) is 6.21 Å². The molecule has 0 aromatic carbocycles. The van der Waals surface area contributed by atoms with Crippen LogP contribution in [0.25, 0.3) is 0 Å². The number of hydrogen-bond acceptors (Lipinski definition) is 2. The van der Waals surface area contributed by atoms with E-state index in [-0.39, 0.29) is 5.54 Å². The van der Waals surface area contributed by atoms with Crippen molar-refractivity contribution in [2.75, 3.05) is 0 Å². The lowest BCUT2D eigenvalue weighted by Crippen LogP contribution is -2.37. The summed E-state index contributed by atoms with van der Waals surface area (Å²) in [5, 5.41) is 6.95. The summed E-state index contributed by atoms with van der Waals surface area (Å²) in [6, 6.07) is 0. The average Bonchev–Trinajstić information content (AvgIpc) is 2.17. The van der Waals surface area contributed by atoms with Crippen molar-refractivity contribution in [3.05, 3.63) is 0 Å². The lowest BCUT2D eigenvalue weighted by atomic mass is 10.0. The first-order valence-electron chi connectivity index (χ1n) is 3.07. The van der Waals surface area contributed by atoms with Gasteiger partial charge in [-0.15, -0.1) is 0 Å². The minimum atomic E-state index is -0.222. The van der Waals surface area contributed by atoms with E-state index in [9.17, 15) is 0 Å². The summed E-state index contributed by atoms with van der Waals surface area (Å²) in [7, 11) is 0. The second kappa shape index (κ2) is 1.86. The van der Waals surface area contributed by atoms with Crippen molar-refractivity contribution >= 4 is 6.21 Å². The van der Waals surface area contributed by atoms with Crippen LogP contribution >= 0.6 is 0 Å². The van der Waals surface area contributed by atoms with E-state index in [1.54, 1.807) is 0 Å². The van der Waals surface area contributed by atoms with E-state index in [2.05, 4.69) is 0 Å². The van der Waals surface area contributed by atoms with Gasteiger partial charge in [-0.1, -0.05) is 12.8 Å². The zero-order valence-electron chi connectivity index (χ0n) is 4.98. The Bertz CT molecular complexity index is 92.7. The second-order valence-electron chi connectivity index (χ2n) is 2.58. The highest BCUT2D eigenvalue weighted by Crippen LogP contribution is 2.24. The van der Waals surface area contributed by atoms with Crippen molar-refractivity contribution in [1.29, 1.82) is 5.41 Å². The molecule has 2 nitrogen and oxygen atoms in total. The van der Waals surface area contributed by atoms with Gasteiger partial charge in [0.05, 0.1) is 5.54 Å². The summed E-state index contributed by atoms with van der Waals surface area (Å²) in [6.07, 6.45) is 5.81. The summed E-state index contributed by atoms with van der Waals surface area (Å²) >= 11 is 0. The fourth-order valence-corrected chi connectivity index (χ4v) is 1.18. The van der Waals surface area contributed by atoms with E-state index in [4.69, 9.17) is 11.1 Å².